The molecule has 3 rings (SSSR count). The second-order valence-corrected chi connectivity index (χ2v) is 8.72. The van der Waals surface area contributed by atoms with E-state index < -0.39 is 0 Å². The maximum absolute atomic E-state index is 13.0. The fraction of sp³-hybridized carbons (Fsp3) is 0.360. The molecule has 0 amide bonds. The monoisotopic (exact) mass is 530 g/mol. The number of phenols is 1. The number of phenolic OH excluding ortho intramolecular Hbond substituents is 1. The van der Waals surface area contributed by atoms with E-state index >= 15 is 0 Å². The van der Waals surface area contributed by atoms with Crippen molar-refractivity contribution in [3.05, 3.63) is 67.7 Å². The lowest BCUT2D eigenvalue weighted by atomic mass is 10.0. The highest BCUT2D eigenvalue weighted by atomic mass is 79.9. The van der Waals surface area contributed by atoms with Crippen LogP contribution in [0.2, 0.25) is 0 Å². The SMILES string of the molecule is CCCc1c(OCc2cc(Br)cn3c(=O)c(CCC(=O)OCC)cnc23)ccc(C(C)=O)c1O. The zero-order chi connectivity index (χ0) is 24.8. The van der Waals surface area contributed by atoms with E-state index in [-0.39, 0.29) is 48.1 Å². The number of rotatable bonds is 10. The molecule has 0 bridgehead atoms. The minimum absolute atomic E-state index is 0.0634. The third-order valence-electron chi connectivity index (χ3n) is 5.32. The number of ether oxygens (including phenoxy) is 2. The van der Waals surface area contributed by atoms with E-state index in [1.807, 2.05) is 13.0 Å². The van der Waals surface area contributed by atoms with Crippen LogP contribution >= 0.6 is 15.9 Å². The van der Waals surface area contributed by atoms with E-state index in [0.717, 1.165) is 6.42 Å². The molecule has 0 unspecified atom stereocenters. The molecule has 34 heavy (non-hydrogen) atoms. The third-order valence-corrected chi connectivity index (χ3v) is 5.76. The number of halogens is 1. The van der Waals surface area contributed by atoms with E-state index in [0.29, 0.717) is 45.6 Å². The predicted octanol–water partition coefficient (Wildman–Crippen LogP) is 4.39. The molecule has 9 heteroatoms. The molecular weight excluding hydrogens is 504 g/mol. The number of carbonyl (C=O) groups excluding carboxylic acids is 2. The quantitative estimate of drug-likeness (QED) is 0.306. The molecule has 0 aliphatic rings. The molecule has 0 spiro atoms. The molecule has 180 valence electrons. The molecule has 1 N–H and O–H groups in total. The standard InChI is InChI=1S/C25H27BrN2O6/c1-4-6-20-21(9-8-19(15(3)29)23(20)31)34-14-17-11-18(26)13-28-24(17)27-12-16(25(28)32)7-10-22(30)33-5-2/h8-9,11-13,31H,4-7,10,14H2,1-3H3. The number of aromatic nitrogens is 2. The van der Waals surface area contributed by atoms with Crippen molar-refractivity contribution in [2.75, 3.05) is 6.61 Å². The Kier molecular flexibility index (Phi) is 8.44. The first-order valence-corrected chi connectivity index (χ1v) is 11.9. The van der Waals surface area contributed by atoms with Gasteiger partial charge in [-0.2, -0.15) is 0 Å². The van der Waals surface area contributed by atoms with Crippen LogP contribution in [0.4, 0.5) is 0 Å². The van der Waals surface area contributed by atoms with Gasteiger partial charge in [-0.1, -0.05) is 13.3 Å². The van der Waals surface area contributed by atoms with E-state index in [1.54, 1.807) is 25.3 Å². The molecule has 8 nitrogen and oxygen atoms in total. The van der Waals surface area contributed by atoms with Crippen LogP contribution in [0.15, 0.2) is 39.9 Å². The van der Waals surface area contributed by atoms with E-state index in [9.17, 15) is 19.5 Å². The number of hydrogen-bond acceptors (Lipinski definition) is 7. The number of carbonyl (C=O) groups is 2. The van der Waals surface area contributed by atoms with Crippen LogP contribution in [0.5, 0.6) is 11.5 Å². The second-order valence-electron chi connectivity index (χ2n) is 7.80. The smallest absolute Gasteiger partial charge is 0.306 e. The average Bonchev–Trinajstić information content (AvgIpc) is 2.79. The maximum atomic E-state index is 13.0. The first-order chi connectivity index (χ1) is 16.3. The lowest BCUT2D eigenvalue weighted by Gasteiger charge is -2.16. The molecule has 1 aromatic carbocycles. The molecule has 0 aliphatic heterocycles. The van der Waals surface area contributed by atoms with Gasteiger partial charge >= 0.3 is 5.97 Å². The Balaban J connectivity index is 1.92. The fourth-order valence-electron chi connectivity index (χ4n) is 3.69. The zero-order valence-corrected chi connectivity index (χ0v) is 21.0. The first kappa shape index (κ1) is 25.4. The highest BCUT2D eigenvalue weighted by Crippen LogP contribution is 2.33. The maximum Gasteiger partial charge on any atom is 0.306 e. The van der Waals surface area contributed by atoms with Gasteiger partial charge in [-0.05, 0) is 60.8 Å². The number of hydrogen-bond donors (Lipinski definition) is 1. The minimum atomic E-state index is -0.364. The molecular formula is C25H27BrN2O6. The van der Waals surface area contributed by atoms with E-state index in [4.69, 9.17) is 9.47 Å². The van der Waals surface area contributed by atoms with Gasteiger partial charge in [0.15, 0.2) is 5.78 Å². The first-order valence-electron chi connectivity index (χ1n) is 11.1. The van der Waals surface area contributed by atoms with Crippen LogP contribution in [0.1, 0.15) is 60.7 Å². The van der Waals surface area contributed by atoms with Crippen LogP contribution in [0.3, 0.4) is 0 Å². The van der Waals surface area contributed by atoms with Gasteiger partial charge in [-0.25, -0.2) is 4.98 Å². The van der Waals surface area contributed by atoms with E-state index in [2.05, 4.69) is 20.9 Å². The van der Waals surface area contributed by atoms with Crippen molar-refractivity contribution < 1.29 is 24.2 Å². The number of nitrogens with zero attached hydrogens (tertiary/aromatic N) is 2. The molecule has 0 saturated heterocycles. The van der Waals surface area contributed by atoms with Crippen LogP contribution in [-0.4, -0.2) is 32.9 Å². The Labute approximate surface area is 205 Å². The van der Waals surface area contributed by atoms with Gasteiger partial charge in [0.2, 0.25) is 0 Å². The minimum Gasteiger partial charge on any atom is -0.507 e. The third kappa shape index (κ3) is 5.64. The van der Waals surface area contributed by atoms with Crippen LogP contribution in [-0.2, 0) is 29.0 Å². The summed E-state index contributed by atoms with van der Waals surface area (Å²) in [4.78, 5) is 40.9. The van der Waals surface area contributed by atoms with Gasteiger partial charge < -0.3 is 14.6 Å². The summed E-state index contributed by atoms with van der Waals surface area (Å²) in [6, 6.07) is 5.03. The van der Waals surface area contributed by atoms with Gasteiger partial charge in [0, 0.05) is 40.0 Å². The summed E-state index contributed by atoms with van der Waals surface area (Å²) in [5.41, 5.74) is 2.04. The summed E-state index contributed by atoms with van der Waals surface area (Å²) in [5.74, 6) is -0.179. The van der Waals surface area contributed by atoms with Gasteiger partial charge in [0.25, 0.3) is 5.56 Å². The summed E-state index contributed by atoms with van der Waals surface area (Å²) in [7, 11) is 0. The lowest BCUT2D eigenvalue weighted by Crippen LogP contribution is -2.21. The molecule has 0 aliphatic carbocycles. The molecule has 0 fully saturated rings. The van der Waals surface area contributed by atoms with Crippen molar-refractivity contribution in [2.45, 2.75) is 53.1 Å². The van der Waals surface area contributed by atoms with Gasteiger partial charge in [0.1, 0.15) is 23.8 Å². The average molecular weight is 531 g/mol. The second kappa shape index (κ2) is 11.3. The topological polar surface area (TPSA) is 107 Å². The fourth-order valence-corrected chi connectivity index (χ4v) is 4.17. The summed E-state index contributed by atoms with van der Waals surface area (Å²) in [5, 5.41) is 10.6. The summed E-state index contributed by atoms with van der Waals surface area (Å²) in [6.07, 6.45) is 4.73. The normalized spacial score (nSPS) is 10.9. The zero-order valence-electron chi connectivity index (χ0n) is 19.4. The summed E-state index contributed by atoms with van der Waals surface area (Å²) >= 11 is 3.43. The van der Waals surface area contributed by atoms with Crippen molar-refractivity contribution in [2.24, 2.45) is 0 Å². The Morgan fingerprint density at radius 2 is 1.94 bits per heavy atom. The number of aromatic hydroxyl groups is 1. The van der Waals surface area contributed by atoms with Crippen molar-refractivity contribution in [1.82, 2.24) is 9.38 Å². The number of Topliss-reactive ketones (excluding diaryl/α,β-unsaturated/α-hetero) is 1. The summed E-state index contributed by atoms with van der Waals surface area (Å²) < 4.78 is 13.0. The van der Waals surface area contributed by atoms with Gasteiger partial charge in [-0.15, -0.1) is 0 Å². The molecule has 0 atom stereocenters. The van der Waals surface area contributed by atoms with Gasteiger partial charge in [0.05, 0.1) is 12.2 Å². The number of aryl methyl sites for hydroxylation is 1. The molecule has 3 aromatic rings. The highest BCUT2D eigenvalue weighted by Gasteiger charge is 2.17. The van der Waals surface area contributed by atoms with Crippen LogP contribution in [0, 0.1) is 0 Å². The lowest BCUT2D eigenvalue weighted by molar-refractivity contribution is -0.143. The van der Waals surface area contributed by atoms with Crippen LogP contribution in [0.25, 0.3) is 5.65 Å². The highest BCUT2D eigenvalue weighted by molar-refractivity contribution is 9.10. The molecule has 0 saturated carbocycles. The Morgan fingerprint density at radius 3 is 2.62 bits per heavy atom. The van der Waals surface area contributed by atoms with Crippen molar-refractivity contribution >= 4 is 33.3 Å². The van der Waals surface area contributed by atoms with Gasteiger partial charge in [-0.3, -0.25) is 18.8 Å². The Morgan fingerprint density at radius 1 is 1.18 bits per heavy atom. The Bertz CT molecular complexity index is 1280. The van der Waals surface area contributed by atoms with Crippen molar-refractivity contribution in [3.8, 4) is 11.5 Å². The predicted molar refractivity (Wildman–Crippen MR) is 131 cm³/mol. The largest absolute Gasteiger partial charge is 0.507 e. The van der Waals surface area contributed by atoms with Crippen molar-refractivity contribution in [1.29, 1.82) is 0 Å². The summed E-state index contributed by atoms with van der Waals surface area (Å²) in [6.45, 7) is 5.49. The molecule has 2 heterocycles. The van der Waals surface area contributed by atoms with Crippen LogP contribution < -0.4 is 10.3 Å². The number of fused-ring (bicyclic) bond motifs is 1. The molecule has 2 aromatic heterocycles. The van der Waals surface area contributed by atoms with Crippen molar-refractivity contribution in [3.63, 3.8) is 0 Å². The molecule has 0 radical (unpaired) electrons. The number of benzene rings is 1. The number of esters is 1. The number of pyridine rings is 1. The Hall–Kier alpha value is -3.20. The number of ketones is 1. The van der Waals surface area contributed by atoms with E-state index in [1.165, 1.54) is 17.5 Å².